The van der Waals surface area contributed by atoms with Crippen LogP contribution in [0.2, 0.25) is 0 Å². The Labute approximate surface area is 187 Å². The van der Waals surface area contributed by atoms with E-state index in [-0.39, 0.29) is 23.1 Å². The minimum absolute atomic E-state index is 0.00573. The summed E-state index contributed by atoms with van der Waals surface area (Å²) in [4.78, 5) is 26.6. The van der Waals surface area contributed by atoms with Gasteiger partial charge in [0.25, 0.3) is 5.91 Å². The average molecular weight is 438 g/mol. The van der Waals surface area contributed by atoms with Crippen molar-refractivity contribution in [2.75, 3.05) is 14.2 Å². The SMILES string of the molecule is COc1ccccc1/C=C1/SC2C=CC(C(=O)NC3CCCCC3C)=CC2=[N+](C)C1=O. The lowest BCUT2D eigenvalue weighted by atomic mass is 9.85. The largest absolute Gasteiger partial charge is 0.496 e. The molecule has 1 saturated carbocycles. The number of allylic oxidation sites excluding steroid dienone is 1. The van der Waals surface area contributed by atoms with Gasteiger partial charge >= 0.3 is 5.91 Å². The highest BCUT2D eigenvalue weighted by Gasteiger charge is 2.38. The van der Waals surface area contributed by atoms with Crippen LogP contribution in [0, 0.1) is 5.92 Å². The van der Waals surface area contributed by atoms with Crippen molar-refractivity contribution in [3.05, 3.63) is 58.5 Å². The van der Waals surface area contributed by atoms with Crippen LogP contribution < -0.4 is 10.1 Å². The molecule has 0 saturated heterocycles. The lowest BCUT2D eigenvalue weighted by Crippen LogP contribution is -2.42. The topological polar surface area (TPSA) is 58.4 Å². The summed E-state index contributed by atoms with van der Waals surface area (Å²) < 4.78 is 7.07. The number of nitrogens with one attached hydrogen (secondary N) is 1. The molecule has 0 aromatic heterocycles. The molecular formula is C25H29N2O3S+. The van der Waals surface area contributed by atoms with Crippen molar-refractivity contribution in [1.82, 2.24) is 5.32 Å². The number of likely N-dealkylation sites (N-methyl/N-ethyl adjacent to an activating group) is 1. The summed E-state index contributed by atoms with van der Waals surface area (Å²) in [7, 11) is 3.40. The zero-order valence-electron chi connectivity index (χ0n) is 18.3. The molecule has 2 aliphatic carbocycles. The van der Waals surface area contributed by atoms with Gasteiger partial charge in [0.15, 0.2) is 0 Å². The molecule has 1 heterocycles. The molecule has 1 aromatic carbocycles. The van der Waals surface area contributed by atoms with Crippen LogP contribution in [-0.2, 0) is 9.59 Å². The van der Waals surface area contributed by atoms with Gasteiger partial charge in [-0.2, -0.15) is 4.58 Å². The highest BCUT2D eigenvalue weighted by Crippen LogP contribution is 2.35. The third kappa shape index (κ3) is 4.54. The van der Waals surface area contributed by atoms with Crippen LogP contribution in [0.1, 0.15) is 38.2 Å². The predicted molar refractivity (Wildman–Crippen MR) is 125 cm³/mol. The number of para-hydroxylation sites is 1. The first-order chi connectivity index (χ1) is 15.0. The monoisotopic (exact) mass is 437 g/mol. The van der Waals surface area contributed by atoms with Crippen molar-refractivity contribution in [3.8, 4) is 5.75 Å². The molecule has 6 heteroatoms. The number of hydrogen-bond acceptors (Lipinski definition) is 4. The van der Waals surface area contributed by atoms with E-state index in [0.29, 0.717) is 16.4 Å². The molecule has 3 unspecified atom stereocenters. The first-order valence-corrected chi connectivity index (χ1v) is 11.7. The maximum absolute atomic E-state index is 13.0. The maximum atomic E-state index is 13.0. The maximum Gasteiger partial charge on any atom is 0.425 e. The lowest BCUT2D eigenvalue weighted by Gasteiger charge is -2.30. The Balaban J connectivity index is 1.56. The van der Waals surface area contributed by atoms with Gasteiger partial charge in [-0.05, 0) is 30.9 Å². The van der Waals surface area contributed by atoms with Crippen LogP contribution in [0.3, 0.4) is 0 Å². The van der Waals surface area contributed by atoms with Crippen molar-refractivity contribution < 1.29 is 18.9 Å². The minimum atomic E-state index is -0.0747. The molecule has 3 atom stereocenters. The molecule has 1 fully saturated rings. The van der Waals surface area contributed by atoms with Gasteiger partial charge in [0.05, 0.1) is 7.11 Å². The van der Waals surface area contributed by atoms with Gasteiger partial charge in [0, 0.05) is 23.3 Å². The van der Waals surface area contributed by atoms with E-state index in [0.717, 1.165) is 29.9 Å². The summed E-state index contributed by atoms with van der Waals surface area (Å²) >= 11 is 1.51. The molecule has 1 aliphatic heterocycles. The second-order valence-electron chi connectivity index (χ2n) is 8.38. The number of ether oxygens (including phenoxy) is 1. The fourth-order valence-corrected chi connectivity index (χ4v) is 5.59. The van der Waals surface area contributed by atoms with Crippen molar-refractivity contribution in [2.24, 2.45) is 5.92 Å². The Kier molecular flexibility index (Phi) is 6.46. The van der Waals surface area contributed by atoms with Gasteiger partial charge in [-0.15, -0.1) is 0 Å². The molecular weight excluding hydrogens is 408 g/mol. The summed E-state index contributed by atoms with van der Waals surface area (Å²) in [5.41, 5.74) is 2.33. The number of benzene rings is 1. The lowest BCUT2D eigenvalue weighted by molar-refractivity contribution is -0.413. The highest BCUT2D eigenvalue weighted by molar-refractivity contribution is 8.05. The van der Waals surface area contributed by atoms with Gasteiger partial charge in [0.1, 0.15) is 23.0 Å². The van der Waals surface area contributed by atoms with Gasteiger partial charge < -0.3 is 10.1 Å². The van der Waals surface area contributed by atoms with E-state index in [4.69, 9.17) is 4.74 Å². The summed E-state index contributed by atoms with van der Waals surface area (Å²) in [5.74, 6) is 1.11. The summed E-state index contributed by atoms with van der Waals surface area (Å²) in [6.45, 7) is 2.21. The number of rotatable bonds is 4. The van der Waals surface area contributed by atoms with Crippen molar-refractivity contribution in [2.45, 2.75) is 43.9 Å². The van der Waals surface area contributed by atoms with Crippen LogP contribution in [0.15, 0.2) is 53.0 Å². The van der Waals surface area contributed by atoms with Crippen LogP contribution in [-0.4, -0.2) is 47.6 Å². The molecule has 162 valence electrons. The molecule has 1 N–H and O–H groups in total. The van der Waals surface area contributed by atoms with Gasteiger partial charge in [-0.3, -0.25) is 4.79 Å². The summed E-state index contributed by atoms with van der Waals surface area (Å²) in [6, 6.07) is 7.88. The first-order valence-electron chi connectivity index (χ1n) is 10.8. The molecule has 2 amide bonds. The standard InChI is InChI=1S/C25H28N2O3S/c1-16-8-4-6-10-19(16)26-24(28)18-12-13-22-20(14-18)27(2)25(29)23(31-22)15-17-9-5-7-11-21(17)30-3/h5,7,9,11-16,19,22H,4,6,8,10H2,1-3H3/p+1/b23-15+. The Morgan fingerprint density at radius 2 is 2.03 bits per heavy atom. The number of thioether (sulfide) groups is 1. The fraction of sp³-hybridized carbons (Fsp3) is 0.400. The third-order valence-electron chi connectivity index (χ3n) is 6.32. The van der Waals surface area contributed by atoms with Gasteiger partial charge in [0.2, 0.25) is 5.71 Å². The van der Waals surface area contributed by atoms with Gasteiger partial charge in [-0.1, -0.05) is 61.9 Å². The van der Waals surface area contributed by atoms with E-state index in [1.54, 1.807) is 18.7 Å². The van der Waals surface area contributed by atoms with Crippen molar-refractivity contribution >= 4 is 35.4 Å². The zero-order chi connectivity index (χ0) is 22.0. The molecule has 0 radical (unpaired) electrons. The number of hydrogen-bond donors (Lipinski definition) is 1. The number of amides is 2. The van der Waals surface area contributed by atoms with Crippen LogP contribution in [0.4, 0.5) is 0 Å². The van der Waals surface area contributed by atoms with E-state index < -0.39 is 0 Å². The summed E-state index contributed by atoms with van der Waals surface area (Å²) in [6.07, 6.45) is 12.2. The Morgan fingerprint density at radius 1 is 1.26 bits per heavy atom. The highest BCUT2D eigenvalue weighted by atomic mass is 32.2. The molecule has 5 nitrogen and oxygen atoms in total. The number of nitrogens with zero attached hydrogens (tertiary/aromatic N) is 1. The first kappa shape index (κ1) is 21.6. The number of fused-ring (bicyclic) bond motifs is 1. The normalized spacial score (nSPS) is 27.1. The van der Waals surface area contributed by atoms with E-state index in [1.165, 1.54) is 24.6 Å². The smallest absolute Gasteiger partial charge is 0.425 e. The molecule has 4 rings (SSSR count). The molecule has 3 aliphatic rings. The number of carbonyl (C=O) groups is 2. The second kappa shape index (κ2) is 9.27. The number of carbonyl (C=O) groups excluding carboxylic acids is 2. The minimum Gasteiger partial charge on any atom is -0.496 e. The molecule has 0 bridgehead atoms. The van der Waals surface area contributed by atoms with Crippen LogP contribution >= 0.6 is 11.8 Å². The van der Waals surface area contributed by atoms with Gasteiger partial charge in [-0.25, -0.2) is 4.79 Å². The summed E-state index contributed by atoms with van der Waals surface area (Å²) in [5, 5.41) is 3.20. The Morgan fingerprint density at radius 3 is 2.81 bits per heavy atom. The average Bonchev–Trinajstić information content (AvgIpc) is 2.79. The Hall–Kier alpha value is -2.60. The van der Waals surface area contributed by atoms with Crippen molar-refractivity contribution in [1.29, 1.82) is 0 Å². The van der Waals surface area contributed by atoms with E-state index in [9.17, 15) is 9.59 Å². The van der Waals surface area contributed by atoms with Crippen LogP contribution in [0.5, 0.6) is 5.75 Å². The fourth-order valence-electron chi connectivity index (χ4n) is 4.38. The van der Waals surface area contributed by atoms with E-state index >= 15 is 0 Å². The third-order valence-corrected chi connectivity index (χ3v) is 7.52. The quantitative estimate of drug-likeness (QED) is 0.572. The number of methoxy groups -OCH3 is 1. The predicted octanol–water partition coefficient (Wildman–Crippen LogP) is 3.95. The van der Waals surface area contributed by atoms with E-state index in [2.05, 4.69) is 12.2 Å². The molecule has 0 spiro atoms. The van der Waals surface area contributed by atoms with Crippen molar-refractivity contribution in [3.63, 3.8) is 0 Å². The molecule has 1 aromatic rings. The molecule has 31 heavy (non-hydrogen) atoms. The second-order valence-corrected chi connectivity index (χ2v) is 9.56. The Bertz CT molecular complexity index is 1020. The zero-order valence-corrected chi connectivity index (χ0v) is 19.1. The van der Waals surface area contributed by atoms with E-state index in [1.807, 2.05) is 48.6 Å². The van der Waals surface area contributed by atoms with Crippen LogP contribution in [0.25, 0.3) is 6.08 Å².